The molecule has 2 amide bonds. The third kappa shape index (κ3) is 5.58. The number of nitrogens with one attached hydrogen (secondary N) is 2. The Bertz CT molecular complexity index is 975. The standard InChI is InChI=1S/C25H33ClN4O2S/c1-16(27-2)23(31)29-22(17-8-4-3-5-9-17)25(32)30-13-7-12-21(30)24-28-20(15-33-24)18-10-6-11-19(26)14-18/h6,10-11,14-17,21-22,27H,3-5,7-9,12-13H2,1-2H3,(H,29,31)/t16-,21-,22-/m0/s1. The summed E-state index contributed by atoms with van der Waals surface area (Å²) in [6.45, 7) is 2.53. The Kier molecular flexibility index (Phi) is 8.04. The zero-order valence-electron chi connectivity index (χ0n) is 19.4. The molecule has 2 aliphatic rings. The van der Waals surface area contributed by atoms with Crippen LogP contribution in [0.5, 0.6) is 0 Å². The number of hydrogen-bond donors (Lipinski definition) is 2. The molecule has 1 aliphatic carbocycles. The molecular weight excluding hydrogens is 456 g/mol. The molecule has 4 rings (SSSR count). The lowest BCUT2D eigenvalue weighted by atomic mass is 9.83. The van der Waals surface area contributed by atoms with Crippen LogP contribution in [0.2, 0.25) is 5.02 Å². The van der Waals surface area contributed by atoms with Crippen LogP contribution in [0.1, 0.15) is 62.9 Å². The fourth-order valence-corrected chi connectivity index (χ4v) is 6.11. The highest BCUT2D eigenvalue weighted by molar-refractivity contribution is 7.10. The van der Waals surface area contributed by atoms with Crippen molar-refractivity contribution < 1.29 is 9.59 Å². The topological polar surface area (TPSA) is 74.3 Å². The summed E-state index contributed by atoms with van der Waals surface area (Å²) in [5.74, 6) is 0.119. The predicted octanol–water partition coefficient (Wildman–Crippen LogP) is 4.80. The van der Waals surface area contributed by atoms with E-state index in [-0.39, 0.29) is 29.8 Å². The van der Waals surface area contributed by atoms with E-state index in [2.05, 4.69) is 10.6 Å². The van der Waals surface area contributed by atoms with Crippen molar-refractivity contribution in [2.45, 2.75) is 70.0 Å². The van der Waals surface area contributed by atoms with E-state index >= 15 is 0 Å². The molecule has 0 radical (unpaired) electrons. The molecule has 2 fully saturated rings. The fraction of sp³-hybridized carbons (Fsp3) is 0.560. The van der Waals surface area contributed by atoms with E-state index in [1.54, 1.807) is 18.4 Å². The summed E-state index contributed by atoms with van der Waals surface area (Å²) in [6, 6.07) is 6.84. The lowest BCUT2D eigenvalue weighted by Gasteiger charge is -2.35. The van der Waals surface area contributed by atoms with Crippen LogP contribution in [0.3, 0.4) is 0 Å². The van der Waals surface area contributed by atoms with Crippen LogP contribution in [0, 0.1) is 5.92 Å². The smallest absolute Gasteiger partial charge is 0.246 e. The van der Waals surface area contributed by atoms with E-state index in [1.807, 2.05) is 41.5 Å². The van der Waals surface area contributed by atoms with E-state index in [9.17, 15) is 9.59 Å². The molecule has 3 atom stereocenters. The van der Waals surface area contributed by atoms with Crippen molar-refractivity contribution >= 4 is 34.8 Å². The molecular formula is C25H33ClN4O2S. The van der Waals surface area contributed by atoms with Crippen LogP contribution in [-0.4, -0.2) is 47.4 Å². The van der Waals surface area contributed by atoms with Crippen molar-refractivity contribution in [1.82, 2.24) is 20.5 Å². The Morgan fingerprint density at radius 3 is 2.70 bits per heavy atom. The summed E-state index contributed by atoms with van der Waals surface area (Å²) in [6.07, 6.45) is 7.25. The Morgan fingerprint density at radius 1 is 1.18 bits per heavy atom. The van der Waals surface area contributed by atoms with E-state index < -0.39 is 6.04 Å². The number of likely N-dealkylation sites (tertiary alicyclic amines) is 1. The monoisotopic (exact) mass is 488 g/mol. The van der Waals surface area contributed by atoms with Crippen molar-refractivity contribution in [3.63, 3.8) is 0 Å². The van der Waals surface area contributed by atoms with Gasteiger partial charge in [0.15, 0.2) is 0 Å². The first kappa shape index (κ1) is 24.2. The van der Waals surface area contributed by atoms with Gasteiger partial charge in [-0.2, -0.15) is 0 Å². The first-order valence-electron chi connectivity index (χ1n) is 12.0. The van der Waals surface area contributed by atoms with Gasteiger partial charge in [-0.15, -0.1) is 11.3 Å². The van der Waals surface area contributed by atoms with Gasteiger partial charge in [0.2, 0.25) is 11.8 Å². The summed E-state index contributed by atoms with van der Waals surface area (Å²) in [5, 5.41) is 9.76. The number of rotatable bonds is 7. The van der Waals surface area contributed by atoms with Gasteiger partial charge in [0, 0.05) is 22.5 Å². The van der Waals surface area contributed by atoms with Crippen LogP contribution in [-0.2, 0) is 9.59 Å². The number of carbonyl (C=O) groups is 2. The largest absolute Gasteiger partial charge is 0.343 e. The minimum atomic E-state index is -0.471. The second-order valence-electron chi connectivity index (χ2n) is 9.17. The molecule has 1 saturated heterocycles. The Morgan fingerprint density at radius 2 is 1.97 bits per heavy atom. The highest BCUT2D eigenvalue weighted by Crippen LogP contribution is 2.37. The van der Waals surface area contributed by atoms with Gasteiger partial charge in [0.05, 0.1) is 17.8 Å². The maximum Gasteiger partial charge on any atom is 0.246 e. The number of thiazole rings is 1. The maximum absolute atomic E-state index is 13.8. The number of halogens is 1. The third-order valence-corrected chi connectivity index (χ3v) is 8.16. The highest BCUT2D eigenvalue weighted by Gasteiger charge is 2.40. The fourth-order valence-electron chi connectivity index (χ4n) is 4.95. The van der Waals surface area contributed by atoms with E-state index in [1.165, 1.54) is 6.42 Å². The van der Waals surface area contributed by atoms with Crippen molar-refractivity contribution in [2.75, 3.05) is 13.6 Å². The number of benzene rings is 1. The molecule has 2 N–H and O–H groups in total. The summed E-state index contributed by atoms with van der Waals surface area (Å²) in [4.78, 5) is 33.4. The molecule has 1 aliphatic heterocycles. The molecule has 1 aromatic carbocycles. The number of hydrogen-bond acceptors (Lipinski definition) is 5. The second-order valence-corrected chi connectivity index (χ2v) is 10.5. The van der Waals surface area contributed by atoms with Gasteiger partial charge in [-0.25, -0.2) is 4.98 Å². The summed E-state index contributed by atoms with van der Waals surface area (Å²) < 4.78 is 0. The van der Waals surface area contributed by atoms with Crippen LogP contribution < -0.4 is 10.6 Å². The molecule has 1 aromatic heterocycles. The number of nitrogens with zero attached hydrogens (tertiary/aromatic N) is 2. The molecule has 2 aromatic rings. The van der Waals surface area contributed by atoms with E-state index in [0.717, 1.165) is 54.8 Å². The Labute approximate surface area is 205 Å². The van der Waals surface area contributed by atoms with Gasteiger partial charge in [0.25, 0.3) is 0 Å². The average molecular weight is 489 g/mol. The van der Waals surface area contributed by atoms with Crippen LogP contribution in [0.15, 0.2) is 29.6 Å². The minimum absolute atomic E-state index is 0.0415. The third-order valence-electron chi connectivity index (χ3n) is 6.97. The number of carbonyl (C=O) groups excluding carboxylic acids is 2. The Balaban J connectivity index is 1.55. The lowest BCUT2D eigenvalue weighted by Crippen LogP contribution is -2.55. The van der Waals surface area contributed by atoms with Gasteiger partial charge >= 0.3 is 0 Å². The van der Waals surface area contributed by atoms with Gasteiger partial charge < -0.3 is 15.5 Å². The number of aromatic nitrogens is 1. The van der Waals surface area contributed by atoms with Gasteiger partial charge in [-0.05, 0) is 57.7 Å². The Hall–Kier alpha value is -1.96. The SMILES string of the molecule is CN[C@@H](C)C(=O)N[C@H](C(=O)N1CCC[C@H]1c1nc(-c2cccc(Cl)c2)cs1)C1CCCCC1. The quantitative estimate of drug-likeness (QED) is 0.587. The molecule has 8 heteroatoms. The van der Waals surface area contributed by atoms with Gasteiger partial charge in [-0.3, -0.25) is 9.59 Å². The number of amides is 2. The van der Waals surface area contributed by atoms with E-state index in [0.29, 0.717) is 11.6 Å². The zero-order chi connectivity index (χ0) is 23.4. The molecule has 0 bridgehead atoms. The highest BCUT2D eigenvalue weighted by atomic mass is 35.5. The van der Waals surface area contributed by atoms with Crippen LogP contribution in [0.4, 0.5) is 0 Å². The zero-order valence-corrected chi connectivity index (χ0v) is 20.9. The van der Waals surface area contributed by atoms with Crippen molar-refractivity contribution in [2.24, 2.45) is 5.92 Å². The molecule has 2 heterocycles. The molecule has 6 nitrogen and oxygen atoms in total. The van der Waals surface area contributed by atoms with Crippen molar-refractivity contribution in [3.8, 4) is 11.3 Å². The van der Waals surface area contributed by atoms with Crippen LogP contribution >= 0.6 is 22.9 Å². The lowest BCUT2D eigenvalue weighted by molar-refractivity contribution is -0.139. The first-order valence-corrected chi connectivity index (χ1v) is 13.2. The van der Waals surface area contributed by atoms with Crippen molar-refractivity contribution in [3.05, 3.63) is 39.7 Å². The normalized spacial score (nSPS) is 21.1. The molecule has 1 saturated carbocycles. The summed E-state index contributed by atoms with van der Waals surface area (Å²) >= 11 is 7.75. The molecule has 0 spiro atoms. The first-order chi connectivity index (χ1) is 16.0. The molecule has 33 heavy (non-hydrogen) atoms. The summed E-state index contributed by atoms with van der Waals surface area (Å²) in [7, 11) is 1.76. The van der Waals surface area contributed by atoms with E-state index in [4.69, 9.17) is 16.6 Å². The minimum Gasteiger partial charge on any atom is -0.343 e. The molecule has 0 unspecified atom stereocenters. The van der Waals surface area contributed by atoms with Gasteiger partial charge in [0.1, 0.15) is 11.0 Å². The van der Waals surface area contributed by atoms with Crippen LogP contribution in [0.25, 0.3) is 11.3 Å². The average Bonchev–Trinajstić information content (AvgIpc) is 3.51. The molecule has 178 valence electrons. The maximum atomic E-state index is 13.8. The van der Waals surface area contributed by atoms with Gasteiger partial charge in [-0.1, -0.05) is 43.0 Å². The second kappa shape index (κ2) is 11.0. The summed E-state index contributed by atoms with van der Waals surface area (Å²) in [5.41, 5.74) is 1.87. The number of likely N-dealkylation sites (N-methyl/N-ethyl adjacent to an activating group) is 1. The van der Waals surface area contributed by atoms with Crippen molar-refractivity contribution in [1.29, 1.82) is 0 Å². The predicted molar refractivity (Wildman–Crippen MR) is 133 cm³/mol.